The lowest BCUT2D eigenvalue weighted by Crippen LogP contribution is -1.95. The minimum atomic E-state index is 0.952. The van der Waals surface area contributed by atoms with Gasteiger partial charge in [0.1, 0.15) is 0 Å². The summed E-state index contributed by atoms with van der Waals surface area (Å²) in [5.74, 6) is 0.952. The van der Waals surface area contributed by atoms with Gasteiger partial charge in [0.25, 0.3) is 0 Å². The lowest BCUT2D eigenvalue weighted by molar-refractivity contribution is 0.434. The van der Waals surface area contributed by atoms with Crippen molar-refractivity contribution in [1.82, 2.24) is 0 Å². The lowest BCUT2D eigenvalue weighted by Gasteiger charge is -2.10. The van der Waals surface area contributed by atoms with Crippen molar-refractivity contribution in [1.29, 1.82) is 0 Å². The van der Waals surface area contributed by atoms with Crippen LogP contribution in [0.2, 0.25) is 0 Å². The second kappa shape index (κ2) is 18.1. The maximum absolute atomic E-state index is 3.91. The van der Waals surface area contributed by atoms with Gasteiger partial charge in [-0.3, -0.25) is 0 Å². The van der Waals surface area contributed by atoms with Crippen molar-refractivity contribution in [2.45, 2.75) is 123 Å². The molecule has 0 heteroatoms. The molecule has 0 aliphatic carbocycles. The van der Waals surface area contributed by atoms with Gasteiger partial charge in [-0.1, -0.05) is 130 Å². The van der Waals surface area contributed by atoms with E-state index >= 15 is 0 Å². The smallest absolute Gasteiger partial charge is 0.0443 e. The fraction of sp³-hybridized carbons (Fsp3) is 0.952. The molecule has 0 N–H and O–H groups in total. The molecule has 0 bridgehead atoms. The fourth-order valence-electron chi connectivity index (χ4n) is 3.15. The molecule has 0 aliphatic heterocycles. The Bertz CT molecular complexity index is 173. The summed E-state index contributed by atoms with van der Waals surface area (Å²) in [6.45, 7) is 8.65. The van der Waals surface area contributed by atoms with Crippen molar-refractivity contribution in [3.05, 3.63) is 6.92 Å². The molecule has 0 aromatic carbocycles. The topological polar surface area (TPSA) is 0 Å². The molecule has 0 heterocycles. The fourth-order valence-corrected chi connectivity index (χ4v) is 3.15. The van der Waals surface area contributed by atoms with Crippen molar-refractivity contribution in [2.75, 3.05) is 0 Å². The number of rotatable bonds is 17. The zero-order valence-electron chi connectivity index (χ0n) is 15.3. The number of hydrogen-bond acceptors (Lipinski definition) is 0. The Hall–Kier alpha value is 0. The SMILES string of the molecule is [CH2]CCCCCC(C)CCCCCCCCCCCCC. The second-order valence-electron chi connectivity index (χ2n) is 7.13. The van der Waals surface area contributed by atoms with Crippen LogP contribution in [0.3, 0.4) is 0 Å². The van der Waals surface area contributed by atoms with E-state index in [1.54, 1.807) is 0 Å². The summed E-state index contributed by atoms with van der Waals surface area (Å²) in [4.78, 5) is 0. The molecule has 0 saturated heterocycles. The standard InChI is InChI=1S/C21H43/c1-4-6-8-10-11-12-13-14-15-16-18-20-21(3)19-17-9-7-5-2/h21H,2,4-20H2,1,3H3. The first kappa shape index (κ1) is 21.0. The molecule has 0 aromatic heterocycles. The first-order valence-corrected chi connectivity index (χ1v) is 10.1. The second-order valence-corrected chi connectivity index (χ2v) is 7.13. The van der Waals surface area contributed by atoms with Gasteiger partial charge in [0.2, 0.25) is 0 Å². The van der Waals surface area contributed by atoms with Crippen LogP contribution >= 0.6 is 0 Å². The van der Waals surface area contributed by atoms with Crippen LogP contribution in [0.1, 0.15) is 123 Å². The normalized spacial score (nSPS) is 12.7. The molecule has 21 heavy (non-hydrogen) atoms. The summed E-state index contributed by atoms with van der Waals surface area (Å²) in [5, 5.41) is 0. The Labute approximate surface area is 136 Å². The Morgan fingerprint density at radius 2 is 0.952 bits per heavy atom. The van der Waals surface area contributed by atoms with Gasteiger partial charge in [-0.05, 0) is 5.92 Å². The number of hydrogen-bond donors (Lipinski definition) is 0. The highest BCUT2D eigenvalue weighted by molar-refractivity contribution is 4.56. The van der Waals surface area contributed by atoms with E-state index in [0.29, 0.717) is 0 Å². The van der Waals surface area contributed by atoms with Gasteiger partial charge in [-0.25, -0.2) is 0 Å². The predicted octanol–water partition coefficient (Wildman–Crippen LogP) is 8.11. The third kappa shape index (κ3) is 18.0. The predicted molar refractivity (Wildman–Crippen MR) is 98.7 cm³/mol. The summed E-state index contributed by atoms with van der Waals surface area (Å²) in [6.07, 6.45) is 24.2. The first-order valence-electron chi connectivity index (χ1n) is 10.1. The average molecular weight is 296 g/mol. The number of unbranched alkanes of at least 4 members (excludes halogenated alkanes) is 13. The lowest BCUT2D eigenvalue weighted by atomic mass is 9.96. The van der Waals surface area contributed by atoms with Crippen molar-refractivity contribution < 1.29 is 0 Å². The quantitative estimate of drug-likeness (QED) is 0.238. The molecule has 1 atom stereocenters. The maximum Gasteiger partial charge on any atom is -0.0443 e. The summed E-state index contributed by atoms with van der Waals surface area (Å²) < 4.78 is 0. The minimum absolute atomic E-state index is 0.952. The van der Waals surface area contributed by atoms with Gasteiger partial charge >= 0.3 is 0 Å². The van der Waals surface area contributed by atoms with Gasteiger partial charge in [-0.2, -0.15) is 0 Å². The molecule has 1 radical (unpaired) electrons. The van der Waals surface area contributed by atoms with Crippen LogP contribution in [-0.2, 0) is 0 Å². The van der Waals surface area contributed by atoms with Crippen molar-refractivity contribution in [3.8, 4) is 0 Å². The summed E-state index contributed by atoms with van der Waals surface area (Å²) >= 11 is 0. The third-order valence-electron chi connectivity index (χ3n) is 4.75. The van der Waals surface area contributed by atoms with Crippen molar-refractivity contribution in [2.24, 2.45) is 5.92 Å². The molecule has 0 amide bonds. The molecule has 0 aromatic rings. The molecule has 0 fully saturated rings. The van der Waals surface area contributed by atoms with Crippen molar-refractivity contribution in [3.63, 3.8) is 0 Å². The Morgan fingerprint density at radius 3 is 1.38 bits per heavy atom. The highest BCUT2D eigenvalue weighted by Gasteiger charge is 2.01. The third-order valence-corrected chi connectivity index (χ3v) is 4.75. The summed E-state index contributed by atoms with van der Waals surface area (Å²) in [7, 11) is 0. The van der Waals surface area contributed by atoms with Crippen LogP contribution in [0.25, 0.3) is 0 Å². The molecular formula is C21H43. The molecule has 0 saturated carbocycles. The highest BCUT2D eigenvalue weighted by atomic mass is 14.1. The van der Waals surface area contributed by atoms with Crippen LogP contribution in [0, 0.1) is 12.8 Å². The van der Waals surface area contributed by atoms with Gasteiger partial charge in [-0.15, -0.1) is 0 Å². The Morgan fingerprint density at radius 1 is 0.571 bits per heavy atom. The van der Waals surface area contributed by atoms with Crippen molar-refractivity contribution >= 4 is 0 Å². The minimum Gasteiger partial charge on any atom is -0.0654 e. The Kier molecular flexibility index (Phi) is 18.1. The molecule has 1 unspecified atom stereocenters. The van der Waals surface area contributed by atoms with Crippen LogP contribution in [-0.4, -0.2) is 0 Å². The van der Waals surface area contributed by atoms with Crippen LogP contribution < -0.4 is 0 Å². The Balaban J connectivity index is 3.07. The zero-order valence-corrected chi connectivity index (χ0v) is 15.3. The van der Waals surface area contributed by atoms with E-state index < -0.39 is 0 Å². The summed E-state index contributed by atoms with van der Waals surface area (Å²) in [6, 6.07) is 0. The van der Waals surface area contributed by atoms with E-state index in [1.807, 2.05) is 0 Å². The van der Waals surface area contributed by atoms with E-state index in [9.17, 15) is 0 Å². The van der Waals surface area contributed by atoms with Crippen LogP contribution in [0.5, 0.6) is 0 Å². The van der Waals surface area contributed by atoms with Crippen LogP contribution in [0.15, 0.2) is 0 Å². The van der Waals surface area contributed by atoms with E-state index in [4.69, 9.17) is 0 Å². The van der Waals surface area contributed by atoms with E-state index in [0.717, 1.165) is 12.3 Å². The summed E-state index contributed by atoms with van der Waals surface area (Å²) in [5.41, 5.74) is 0. The molecule has 0 nitrogen and oxygen atoms in total. The highest BCUT2D eigenvalue weighted by Crippen LogP contribution is 2.18. The van der Waals surface area contributed by atoms with Gasteiger partial charge in [0.05, 0.1) is 0 Å². The van der Waals surface area contributed by atoms with Gasteiger partial charge in [0.15, 0.2) is 0 Å². The first-order chi connectivity index (χ1) is 10.3. The molecule has 0 aliphatic rings. The van der Waals surface area contributed by atoms with E-state index in [-0.39, 0.29) is 0 Å². The average Bonchev–Trinajstić information content (AvgIpc) is 2.49. The van der Waals surface area contributed by atoms with Crippen LogP contribution in [0.4, 0.5) is 0 Å². The largest absolute Gasteiger partial charge is 0.0654 e. The molecular weight excluding hydrogens is 252 g/mol. The zero-order chi connectivity index (χ0) is 15.6. The molecule has 127 valence electrons. The maximum atomic E-state index is 3.91. The van der Waals surface area contributed by atoms with E-state index in [1.165, 1.54) is 103 Å². The van der Waals surface area contributed by atoms with Gasteiger partial charge in [0, 0.05) is 0 Å². The molecule has 0 rings (SSSR count). The van der Waals surface area contributed by atoms with E-state index in [2.05, 4.69) is 20.8 Å². The monoisotopic (exact) mass is 295 g/mol. The van der Waals surface area contributed by atoms with Gasteiger partial charge < -0.3 is 0 Å². The molecule has 0 spiro atoms.